The Hall–Kier alpha value is -0.0400. The Labute approximate surface area is 71.6 Å². The molecule has 0 amide bonds. The molecule has 0 heterocycles. The highest BCUT2D eigenvalue weighted by Gasteiger charge is 2.06. The summed E-state index contributed by atoms with van der Waals surface area (Å²) in [6, 6.07) is 1.29. The minimum atomic E-state index is 0.619. The first-order valence-corrected chi connectivity index (χ1v) is 4.82. The van der Waals surface area contributed by atoms with Gasteiger partial charge in [0.2, 0.25) is 0 Å². The summed E-state index contributed by atoms with van der Waals surface area (Å²) in [5, 5.41) is 3.51. The molecule has 0 rings (SSSR count). The van der Waals surface area contributed by atoms with Crippen LogP contribution >= 0.6 is 0 Å². The highest BCUT2D eigenvalue weighted by atomic mass is 14.9. The first-order chi connectivity index (χ1) is 5.06. The van der Waals surface area contributed by atoms with Gasteiger partial charge in [-0.25, -0.2) is 0 Å². The van der Waals surface area contributed by atoms with Gasteiger partial charge in [0.05, 0.1) is 0 Å². The average molecular weight is 157 g/mol. The summed E-state index contributed by atoms with van der Waals surface area (Å²) in [5.41, 5.74) is 0. The summed E-state index contributed by atoms with van der Waals surface area (Å²) in [5.74, 6) is 0.858. The van der Waals surface area contributed by atoms with E-state index in [0.717, 1.165) is 5.92 Å². The van der Waals surface area contributed by atoms with E-state index >= 15 is 0 Å². The highest BCUT2D eigenvalue weighted by Crippen LogP contribution is 2.09. The van der Waals surface area contributed by atoms with Crippen LogP contribution in [0.15, 0.2) is 0 Å². The van der Waals surface area contributed by atoms with Gasteiger partial charge in [-0.3, -0.25) is 0 Å². The Kier molecular flexibility index (Phi) is 5.57. The van der Waals surface area contributed by atoms with Crippen LogP contribution in [0.4, 0.5) is 0 Å². The lowest BCUT2D eigenvalue weighted by atomic mass is 10.00. The van der Waals surface area contributed by atoms with Gasteiger partial charge in [0.15, 0.2) is 0 Å². The fraction of sp³-hybridized carbons (Fsp3) is 1.00. The predicted octanol–water partition coefficient (Wildman–Crippen LogP) is 2.81. The molecule has 0 aromatic heterocycles. The Morgan fingerprint density at radius 2 is 1.64 bits per heavy atom. The molecule has 0 spiro atoms. The van der Waals surface area contributed by atoms with E-state index in [-0.39, 0.29) is 0 Å². The van der Waals surface area contributed by atoms with Gasteiger partial charge in [0.25, 0.3) is 0 Å². The van der Waals surface area contributed by atoms with Crippen molar-refractivity contribution in [1.29, 1.82) is 0 Å². The fourth-order valence-corrected chi connectivity index (χ4v) is 1.41. The summed E-state index contributed by atoms with van der Waals surface area (Å²) in [6.07, 6.45) is 2.60. The van der Waals surface area contributed by atoms with Crippen LogP contribution in [0.1, 0.15) is 47.5 Å². The van der Waals surface area contributed by atoms with Crippen molar-refractivity contribution >= 4 is 0 Å². The zero-order chi connectivity index (χ0) is 8.85. The Bertz CT molecular complexity index is 88.9. The Morgan fingerprint density at radius 1 is 1.09 bits per heavy atom. The van der Waals surface area contributed by atoms with Crippen molar-refractivity contribution in [3.8, 4) is 0 Å². The lowest BCUT2D eigenvalue weighted by molar-refractivity contribution is 0.391. The summed E-state index contributed by atoms with van der Waals surface area (Å²) >= 11 is 0. The number of hydrogen-bond donors (Lipinski definition) is 1. The van der Waals surface area contributed by atoms with E-state index in [4.69, 9.17) is 0 Å². The molecule has 0 fully saturated rings. The molecule has 0 radical (unpaired) electrons. The predicted molar refractivity (Wildman–Crippen MR) is 51.8 cm³/mol. The summed E-state index contributed by atoms with van der Waals surface area (Å²) in [6.45, 7) is 11.2. The number of nitrogens with one attached hydrogen (secondary N) is 1. The van der Waals surface area contributed by atoms with Crippen LogP contribution in [-0.2, 0) is 0 Å². The van der Waals surface area contributed by atoms with E-state index in [2.05, 4.69) is 39.9 Å². The molecule has 0 aliphatic heterocycles. The SMILES string of the molecule is CCC(C)CC(C)NC(C)C. The van der Waals surface area contributed by atoms with Crippen LogP contribution in [-0.4, -0.2) is 12.1 Å². The molecule has 0 aromatic carbocycles. The Morgan fingerprint density at radius 3 is 2.00 bits per heavy atom. The molecule has 0 saturated carbocycles. The van der Waals surface area contributed by atoms with Crippen molar-refractivity contribution in [3.05, 3.63) is 0 Å². The van der Waals surface area contributed by atoms with Gasteiger partial charge in [-0.1, -0.05) is 34.1 Å². The highest BCUT2D eigenvalue weighted by molar-refractivity contribution is 4.66. The number of hydrogen-bond acceptors (Lipinski definition) is 1. The Balaban J connectivity index is 3.43. The fourth-order valence-electron chi connectivity index (χ4n) is 1.41. The van der Waals surface area contributed by atoms with Crippen molar-refractivity contribution in [2.75, 3.05) is 0 Å². The second-order valence-corrected chi connectivity index (χ2v) is 3.97. The lowest BCUT2D eigenvalue weighted by Gasteiger charge is -2.19. The second-order valence-electron chi connectivity index (χ2n) is 3.97. The van der Waals surface area contributed by atoms with E-state index in [0.29, 0.717) is 12.1 Å². The zero-order valence-corrected chi connectivity index (χ0v) is 8.65. The van der Waals surface area contributed by atoms with Gasteiger partial charge in [-0.15, -0.1) is 0 Å². The third-order valence-electron chi connectivity index (χ3n) is 2.07. The van der Waals surface area contributed by atoms with E-state index in [9.17, 15) is 0 Å². The molecule has 0 aliphatic rings. The van der Waals surface area contributed by atoms with Crippen molar-refractivity contribution in [1.82, 2.24) is 5.32 Å². The molecular weight excluding hydrogens is 134 g/mol. The molecule has 11 heavy (non-hydrogen) atoms. The monoisotopic (exact) mass is 157 g/mol. The molecule has 0 saturated heterocycles. The van der Waals surface area contributed by atoms with E-state index in [1.54, 1.807) is 0 Å². The van der Waals surface area contributed by atoms with E-state index < -0.39 is 0 Å². The molecular formula is C10H23N. The normalized spacial score (nSPS) is 16.9. The van der Waals surface area contributed by atoms with Gasteiger partial charge >= 0.3 is 0 Å². The minimum Gasteiger partial charge on any atom is -0.312 e. The van der Waals surface area contributed by atoms with E-state index in [1.165, 1.54) is 12.8 Å². The minimum absolute atomic E-state index is 0.619. The maximum absolute atomic E-state index is 3.51. The van der Waals surface area contributed by atoms with Crippen molar-refractivity contribution in [3.63, 3.8) is 0 Å². The first kappa shape index (κ1) is 11.0. The van der Waals surface area contributed by atoms with Gasteiger partial charge in [-0.05, 0) is 19.3 Å². The quantitative estimate of drug-likeness (QED) is 0.647. The third kappa shape index (κ3) is 6.36. The van der Waals surface area contributed by atoms with Crippen LogP contribution in [0.2, 0.25) is 0 Å². The molecule has 2 unspecified atom stereocenters. The van der Waals surface area contributed by atoms with Gasteiger partial charge < -0.3 is 5.32 Å². The molecule has 0 aliphatic carbocycles. The molecule has 0 aromatic rings. The van der Waals surface area contributed by atoms with Crippen LogP contribution in [0.3, 0.4) is 0 Å². The van der Waals surface area contributed by atoms with Crippen molar-refractivity contribution in [2.24, 2.45) is 5.92 Å². The average Bonchev–Trinajstić information content (AvgIpc) is 1.85. The molecule has 68 valence electrons. The molecule has 1 heteroatoms. The second kappa shape index (κ2) is 5.59. The summed E-state index contributed by atoms with van der Waals surface area (Å²) < 4.78 is 0. The van der Waals surface area contributed by atoms with Crippen molar-refractivity contribution in [2.45, 2.75) is 59.5 Å². The van der Waals surface area contributed by atoms with Crippen molar-refractivity contribution < 1.29 is 0 Å². The first-order valence-electron chi connectivity index (χ1n) is 4.82. The van der Waals surface area contributed by atoms with Crippen LogP contribution in [0, 0.1) is 5.92 Å². The third-order valence-corrected chi connectivity index (χ3v) is 2.07. The summed E-state index contributed by atoms with van der Waals surface area (Å²) in [7, 11) is 0. The van der Waals surface area contributed by atoms with Gasteiger partial charge in [0, 0.05) is 12.1 Å². The van der Waals surface area contributed by atoms with E-state index in [1.807, 2.05) is 0 Å². The largest absolute Gasteiger partial charge is 0.312 e. The standard InChI is InChI=1S/C10H23N/c1-6-9(4)7-10(5)11-8(2)3/h8-11H,6-7H2,1-5H3. The van der Waals surface area contributed by atoms with Gasteiger partial charge in [-0.2, -0.15) is 0 Å². The molecule has 0 bridgehead atoms. The van der Waals surface area contributed by atoms with Crippen LogP contribution < -0.4 is 5.32 Å². The molecule has 1 nitrogen and oxygen atoms in total. The number of rotatable bonds is 5. The smallest absolute Gasteiger partial charge is 0.00436 e. The summed E-state index contributed by atoms with van der Waals surface area (Å²) in [4.78, 5) is 0. The molecule has 1 N–H and O–H groups in total. The van der Waals surface area contributed by atoms with Gasteiger partial charge in [0.1, 0.15) is 0 Å². The topological polar surface area (TPSA) is 12.0 Å². The van der Waals surface area contributed by atoms with Crippen LogP contribution in [0.25, 0.3) is 0 Å². The maximum Gasteiger partial charge on any atom is 0.00436 e. The molecule has 2 atom stereocenters. The lowest BCUT2D eigenvalue weighted by Crippen LogP contribution is -2.33. The zero-order valence-electron chi connectivity index (χ0n) is 8.65. The maximum atomic E-state index is 3.51. The van der Waals surface area contributed by atoms with Crippen LogP contribution in [0.5, 0.6) is 0 Å².